The zero-order valence-electron chi connectivity index (χ0n) is 7.84. The van der Waals surface area contributed by atoms with Crippen LogP contribution in [0.3, 0.4) is 0 Å². The minimum Gasteiger partial charge on any atom is -0.300 e. The van der Waals surface area contributed by atoms with Crippen molar-refractivity contribution in [3.8, 4) is 0 Å². The number of carbonyl (C=O) groups excluding carboxylic acids is 1. The molecule has 0 fully saturated rings. The van der Waals surface area contributed by atoms with Gasteiger partial charge in [0.1, 0.15) is 5.78 Å². The molecule has 0 bridgehead atoms. The number of Topliss-reactive ketones (excluding diaryl/α,β-unsaturated/α-hetero) is 1. The molecule has 1 nitrogen and oxygen atoms in total. The zero-order valence-corrected chi connectivity index (χ0v) is 10.2. The Balaban J connectivity index is 2.49. The number of rotatable bonds is 4. The number of carbonyl (C=O) groups is 1. The highest BCUT2D eigenvalue weighted by atomic mass is 79.9. The summed E-state index contributed by atoms with van der Waals surface area (Å²) in [7, 11) is 0. The van der Waals surface area contributed by atoms with Crippen LogP contribution in [0.15, 0.2) is 15.9 Å². The lowest BCUT2D eigenvalue weighted by atomic mass is 10.0. The average Bonchev–Trinajstić information content (AvgIpc) is 2.34. The van der Waals surface area contributed by atoms with Crippen LogP contribution in [0.25, 0.3) is 0 Å². The molecule has 0 saturated carbocycles. The summed E-state index contributed by atoms with van der Waals surface area (Å²) in [5.74, 6) is 0.729. The molecule has 1 rings (SSSR count). The Morgan fingerprint density at radius 3 is 2.85 bits per heavy atom. The first kappa shape index (κ1) is 10.9. The molecule has 0 aliphatic rings. The maximum atomic E-state index is 10.9. The molecule has 0 aromatic carbocycles. The first-order valence-electron chi connectivity index (χ1n) is 4.31. The standard InChI is InChI=1S/C10H13BrOS/c1-7(5-8(2)12)6-10-9(11)3-4-13-10/h3-4,7H,5-6H2,1-2H3. The van der Waals surface area contributed by atoms with E-state index in [9.17, 15) is 4.79 Å². The van der Waals surface area contributed by atoms with Gasteiger partial charge < -0.3 is 4.79 Å². The lowest BCUT2D eigenvalue weighted by molar-refractivity contribution is -0.117. The van der Waals surface area contributed by atoms with Crippen LogP contribution in [0.2, 0.25) is 0 Å². The van der Waals surface area contributed by atoms with E-state index in [0.29, 0.717) is 12.3 Å². The third-order valence-electron chi connectivity index (χ3n) is 1.86. The number of hydrogen-bond donors (Lipinski definition) is 0. The second-order valence-electron chi connectivity index (χ2n) is 3.41. The van der Waals surface area contributed by atoms with Gasteiger partial charge in [-0.1, -0.05) is 6.92 Å². The fraction of sp³-hybridized carbons (Fsp3) is 0.500. The SMILES string of the molecule is CC(=O)CC(C)Cc1sccc1Br. The fourth-order valence-electron chi connectivity index (χ4n) is 1.35. The average molecular weight is 261 g/mol. The van der Waals surface area contributed by atoms with Gasteiger partial charge in [-0.3, -0.25) is 0 Å². The van der Waals surface area contributed by atoms with Crippen molar-refractivity contribution in [1.82, 2.24) is 0 Å². The Hall–Kier alpha value is -0.150. The normalized spacial score (nSPS) is 12.8. The van der Waals surface area contributed by atoms with E-state index in [2.05, 4.69) is 34.3 Å². The zero-order chi connectivity index (χ0) is 9.84. The van der Waals surface area contributed by atoms with Gasteiger partial charge in [-0.25, -0.2) is 0 Å². The fourth-order valence-corrected chi connectivity index (χ4v) is 3.03. The second-order valence-corrected chi connectivity index (χ2v) is 5.26. The molecule has 1 aromatic rings. The minimum atomic E-state index is 0.278. The van der Waals surface area contributed by atoms with Crippen LogP contribution in [0, 0.1) is 5.92 Å². The van der Waals surface area contributed by atoms with E-state index in [1.165, 1.54) is 9.35 Å². The number of ketones is 1. The second kappa shape index (κ2) is 4.91. The summed E-state index contributed by atoms with van der Waals surface area (Å²) in [6, 6.07) is 2.06. The molecule has 0 radical (unpaired) electrons. The van der Waals surface area contributed by atoms with Gasteiger partial charge in [0, 0.05) is 15.8 Å². The molecule has 0 aliphatic carbocycles. The van der Waals surface area contributed by atoms with Crippen LogP contribution in [-0.2, 0) is 11.2 Å². The van der Waals surface area contributed by atoms with Crippen molar-refractivity contribution in [2.45, 2.75) is 26.7 Å². The van der Waals surface area contributed by atoms with E-state index in [-0.39, 0.29) is 5.78 Å². The smallest absolute Gasteiger partial charge is 0.130 e. The molecule has 3 heteroatoms. The molecule has 1 aromatic heterocycles. The van der Waals surface area contributed by atoms with Crippen LogP contribution in [-0.4, -0.2) is 5.78 Å². The van der Waals surface area contributed by atoms with E-state index >= 15 is 0 Å². The van der Waals surface area contributed by atoms with Crippen molar-refractivity contribution in [3.63, 3.8) is 0 Å². The number of hydrogen-bond acceptors (Lipinski definition) is 2. The van der Waals surface area contributed by atoms with E-state index < -0.39 is 0 Å². The summed E-state index contributed by atoms with van der Waals surface area (Å²) >= 11 is 5.23. The van der Waals surface area contributed by atoms with Crippen LogP contribution < -0.4 is 0 Å². The first-order valence-corrected chi connectivity index (χ1v) is 5.98. The Morgan fingerprint density at radius 1 is 1.69 bits per heavy atom. The van der Waals surface area contributed by atoms with Crippen molar-refractivity contribution >= 4 is 33.0 Å². The van der Waals surface area contributed by atoms with Crippen LogP contribution >= 0.6 is 27.3 Å². The van der Waals surface area contributed by atoms with Gasteiger partial charge in [-0.2, -0.15) is 0 Å². The molecule has 1 atom stereocenters. The molecule has 0 saturated heterocycles. The lowest BCUT2D eigenvalue weighted by Crippen LogP contribution is -2.04. The summed E-state index contributed by atoms with van der Waals surface area (Å²) < 4.78 is 1.17. The molecular formula is C10H13BrOS. The third-order valence-corrected chi connectivity index (χ3v) is 3.81. The molecule has 0 aliphatic heterocycles. The van der Waals surface area contributed by atoms with Crippen molar-refractivity contribution in [2.24, 2.45) is 5.92 Å². The van der Waals surface area contributed by atoms with Crippen molar-refractivity contribution < 1.29 is 4.79 Å². The Kier molecular flexibility index (Phi) is 4.13. The van der Waals surface area contributed by atoms with Crippen molar-refractivity contribution in [1.29, 1.82) is 0 Å². The summed E-state index contributed by atoms with van der Waals surface area (Å²) in [6.45, 7) is 3.77. The molecule has 0 spiro atoms. The van der Waals surface area contributed by atoms with E-state index in [0.717, 1.165) is 6.42 Å². The predicted molar refractivity (Wildman–Crippen MR) is 60.2 cm³/mol. The van der Waals surface area contributed by atoms with Crippen molar-refractivity contribution in [3.05, 3.63) is 20.8 Å². The molecule has 0 N–H and O–H groups in total. The summed E-state index contributed by atoms with van der Waals surface area (Å²) in [4.78, 5) is 12.2. The Labute approximate surface area is 91.3 Å². The first-order chi connectivity index (χ1) is 6.09. The maximum absolute atomic E-state index is 10.9. The summed E-state index contributed by atoms with van der Waals surface area (Å²) in [5, 5.41) is 2.07. The topological polar surface area (TPSA) is 17.1 Å². The minimum absolute atomic E-state index is 0.278. The van der Waals surface area contributed by atoms with E-state index in [1.54, 1.807) is 18.3 Å². The largest absolute Gasteiger partial charge is 0.300 e. The highest BCUT2D eigenvalue weighted by Crippen LogP contribution is 2.26. The van der Waals surface area contributed by atoms with Gasteiger partial charge in [0.25, 0.3) is 0 Å². The number of thiophene rings is 1. The van der Waals surface area contributed by atoms with Crippen LogP contribution in [0.4, 0.5) is 0 Å². The maximum Gasteiger partial charge on any atom is 0.130 e. The molecule has 72 valence electrons. The Bertz CT molecular complexity index is 293. The lowest BCUT2D eigenvalue weighted by Gasteiger charge is -2.07. The van der Waals surface area contributed by atoms with Crippen LogP contribution in [0.5, 0.6) is 0 Å². The van der Waals surface area contributed by atoms with Gasteiger partial charge >= 0.3 is 0 Å². The molecular weight excluding hydrogens is 248 g/mol. The van der Waals surface area contributed by atoms with Crippen LogP contribution in [0.1, 0.15) is 25.1 Å². The highest BCUT2D eigenvalue weighted by molar-refractivity contribution is 9.10. The quantitative estimate of drug-likeness (QED) is 0.808. The Morgan fingerprint density at radius 2 is 2.38 bits per heavy atom. The van der Waals surface area contributed by atoms with Gasteiger partial charge in [-0.15, -0.1) is 11.3 Å². The van der Waals surface area contributed by atoms with Gasteiger partial charge in [0.15, 0.2) is 0 Å². The van der Waals surface area contributed by atoms with Gasteiger partial charge in [0.2, 0.25) is 0 Å². The van der Waals surface area contributed by atoms with E-state index in [4.69, 9.17) is 0 Å². The van der Waals surface area contributed by atoms with Gasteiger partial charge in [0.05, 0.1) is 0 Å². The van der Waals surface area contributed by atoms with Gasteiger partial charge in [-0.05, 0) is 46.6 Å². The molecule has 0 amide bonds. The van der Waals surface area contributed by atoms with E-state index in [1.807, 2.05) is 0 Å². The summed E-state index contributed by atoms with van der Waals surface area (Å²) in [5.41, 5.74) is 0. The van der Waals surface area contributed by atoms with Crippen molar-refractivity contribution in [2.75, 3.05) is 0 Å². The summed E-state index contributed by atoms with van der Waals surface area (Å²) in [6.07, 6.45) is 1.68. The molecule has 1 unspecified atom stereocenters. The third kappa shape index (κ3) is 3.61. The predicted octanol–water partition coefficient (Wildman–Crippen LogP) is 3.67. The number of halogens is 1. The molecule has 13 heavy (non-hydrogen) atoms. The highest BCUT2D eigenvalue weighted by Gasteiger charge is 2.09. The monoisotopic (exact) mass is 260 g/mol. The molecule has 1 heterocycles.